The summed E-state index contributed by atoms with van der Waals surface area (Å²) in [6.45, 7) is 0.416. The van der Waals surface area contributed by atoms with Gasteiger partial charge in [0.25, 0.3) is 11.6 Å². The number of likely N-dealkylation sites (tertiary alicyclic amines) is 1. The highest BCUT2D eigenvalue weighted by Crippen LogP contribution is 2.26. The van der Waals surface area contributed by atoms with E-state index in [2.05, 4.69) is 0 Å². The molecule has 1 aromatic carbocycles. The maximum atomic E-state index is 12.3. The largest absolute Gasteiger partial charge is 0.368 e. The number of benzene rings is 1. The number of carbonyl (C=O) groups excluding carboxylic acids is 2. The van der Waals surface area contributed by atoms with Crippen LogP contribution < -0.4 is 5.73 Å². The molecule has 7 nitrogen and oxygen atoms in total. The number of carbonyl (C=O) groups is 2. The van der Waals surface area contributed by atoms with E-state index < -0.39 is 22.8 Å². The number of amides is 2. The zero-order chi connectivity index (χ0) is 14.9. The predicted octanol–water partition coefficient (Wildman–Crippen LogP) is 1.34. The molecule has 106 valence electrons. The minimum atomic E-state index is -0.645. The van der Waals surface area contributed by atoms with E-state index in [1.165, 1.54) is 17.0 Å². The van der Waals surface area contributed by atoms with Crippen molar-refractivity contribution in [3.63, 3.8) is 0 Å². The van der Waals surface area contributed by atoms with E-state index in [0.29, 0.717) is 19.4 Å². The van der Waals surface area contributed by atoms with Gasteiger partial charge in [0, 0.05) is 18.7 Å². The highest BCUT2D eigenvalue weighted by atomic mass is 35.5. The molecule has 0 radical (unpaired) electrons. The standard InChI is InChI=1S/C12H12ClN3O4/c13-9-6-7(16(19)20)3-4-8(9)12(18)15-5-1-2-10(15)11(14)17/h3-4,6,10H,1-2,5H2,(H2,14,17). The fourth-order valence-electron chi connectivity index (χ4n) is 2.25. The minimum absolute atomic E-state index is 0.0145. The van der Waals surface area contributed by atoms with Gasteiger partial charge in [0.15, 0.2) is 0 Å². The van der Waals surface area contributed by atoms with Gasteiger partial charge in [-0.3, -0.25) is 19.7 Å². The number of hydrogen-bond acceptors (Lipinski definition) is 4. The van der Waals surface area contributed by atoms with Crippen molar-refractivity contribution in [3.05, 3.63) is 38.9 Å². The molecular weight excluding hydrogens is 286 g/mol. The lowest BCUT2D eigenvalue weighted by molar-refractivity contribution is -0.384. The van der Waals surface area contributed by atoms with Crippen LogP contribution in [0, 0.1) is 10.1 Å². The van der Waals surface area contributed by atoms with Crippen LogP contribution in [0.15, 0.2) is 18.2 Å². The molecular formula is C12H12ClN3O4. The summed E-state index contributed by atoms with van der Waals surface area (Å²) >= 11 is 5.91. The van der Waals surface area contributed by atoms with E-state index >= 15 is 0 Å². The van der Waals surface area contributed by atoms with E-state index in [1.54, 1.807) is 0 Å². The second kappa shape index (κ2) is 5.46. The molecule has 8 heteroatoms. The molecule has 2 N–H and O–H groups in total. The Morgan fingerprint density at radius 3 is 2.70 bits per heavy atom. The lowest BCUT2D eigenvalue weighted by Crippen LogP contribution is -2.43. The number of primary amides is 1. The predicted molar refractivity (Wildman–Crippen MR) is 71.4 cm³/mol. The van der Waals surface area contributed by atoms with Crippen LogP contribution in [-0.2, 0) is 4.79 Å². The zero-order valence-corrected chi connectivity index (χ0v) is 11.2. The van der Waals surface area contributed by atoms with Crippen LogP contribution in [0.25, 0.3) is 0 Å². The SMILES string of the molecule is NC(=O)C1CCCN1C(=O)c1ccc([N+](=O)[O-])cc1Cl. The van der Waals surface area contributed by atoms with Gasteiger partial charge in [-0.05, 0) is 18.9 Å². The molecule has 1 atom stereocenters. The number of halogens is 1. The van der Waals surface area contributed by atoms with E-state index in [-0.39, 0.29) is 16.3 Å². The van der Waals surface area contributed by atoms with Crippen LogP contribution >= 0.6 is 11.6 Å². The molecule has 1 heterocycles. The van der Waals surface area contributed by atoms with Gasteiger partial charge in [0.1, 0.15) is 6.04 Å². The van der Waals surface area contributed by atoms with Crippen LogP contribution in [0.1, 0.15) is 23.2 Å². The van der Waals surface area contributed by atoms with E-state index in [1.807, 2.05) is 0 Å². The number of nitrogens with zero attached hydrogens (tertiary/aromatic N) is 2. The Morgan fingerprint density at radius 2 is 2.15 bits per heavy atom. The van der Waals surface area contributed by atoms with Crippen molar-refractivity contribution in [2.45, 2.75) is 18.9 Å². The second-order valence-corrected chi connectivity index (χ2v) is 4.89. The summed E-state index contributed by atoms with van der Waals surface area (Å²) in [6.07, 6.45) is 1.20. The molecule has 1 unspecified atom stereocenters. The highest BCUT2D eigenvalue weighted by molar-refractivity contribution is 6.34. The number of nitrogens with two attached hydrogens (primary N) is 1. The average Bonchev–Trinajstić information content (AvgIpc) is 2.87. The number of nitro groups is 1. The van der Waals surface area contributed by atoms with Gasteiger partial charge >= 0.3 is 0 Å². The summed E-state index contributed by atoms with van der Waals surface area (Å²) in [5.41, 5.74) is 5.19. The molecule has 2 rings (SSSR count). The van der Waals surface area contributed by atoms with Crippen LogP contribution in [0.4, 0.5) is 5.69 Å². The first-order valence-corrected chi connectivity index (χ1v) is 6.34. The monoisotopic (exact) mass is 297 g/mol. The van der Waals surface area contributed by atoms with Gasteiger partial charge in [-0.1, -0.05) is 11.6 Å². The summed E-state index contributed by atoms with van der Waals surface area (Å²) in [7, 11) is 0. The molecule has 1 saturated heterocycles. The average molecular weight is 298 g/mol. The summed E-state index contributed by atoms with van der Waals surface area (Å²) in [5, 5.41) is 10.6. The smallest absolute Gasteiger partial charge is 0.270 e. The lowest BCUT2D eigenvalue weighted by Gasteiger charge is -2.22. The normalized spacial score (nSPS) is 18.1. The summed E-state index contributed by atoms with van der Waals surface area (Å²) < 4.78 is 0. The molecule has 0 aliphatic carbocycles. The van der Waals surface area contributed by atoms with E-state index in [9.17, 15) is 19.7 Å². The maximum absolute atomic E-state index is 12.3. The minimum Gasteiger partial charge on any atom is -0.368 e. The van der Waals surface area contributed by atoms with Gasteiger partial charge < -0.3 is 10.6 Å². The van der Waals surface area contributed by atoms with Crippen molar-refractivity contribution in [2.75, 3.05) is 6.54 Å². The third-order valence-corrected chi connectivity index (χ3v) is 3.55. The van der Waals surface area contributed by atoms with Crippen molar-refractivity contribution < 1.29 is 14.5 Å². The maximum Gasteiger partial charge on any atom is 0.270 e. The zero-order valence-electron chi connectivity index (χ0n) is 10.4. The number of rotatable bonds is 3. The Balaban J connectivity index is 2.29. The lowest BCUT2D eigenvalue weighted by atomic mass is 10.1. The summed E-state index contributed by atoms with van der Waals surface area (Å²) in [4.78, 5) is 35.0. The molecule has 20 heavy (non-hydrogen) atoms. The fourth-order valence-corrected chi connectivity index (χ4v) is 2.51. The molecule has 1 aromatic rings. The fraction of sp³-hybridized carbons (Fsp3) is 0.333. The van der Waals surface area contributed by atoms with Crippen molar-refractivity contribution in [1.29, 1.82) is 0 Å². The molecule has 0 bridgehead atoms. The van der Waals surface area contributed by atoms with Crippen LogP contribution in [-0.4, -0.2) is 34.2 Å². The first-order valence-electron chi connectivity index (χ1n) is 5.96. The molecule has 1 fully saturated rings. The van der Waals surface area contributed by atoms with Crippen LogP contribution in [0.2, 0.25) is 5.02 Å². The van der Waals surface area contributed by atoms with Crippen LogP contribution in [0.3, 0.4) is 0 Å². The Hall–Kier alpha value is -2.15. The molecule has 1 aliphatic rings. The number of hydrogen-bond donors (Lipinski definition) is 1. The Morgan fingerprint density at radius 1 is 1.45 bits per heavy atom. The molecule has 0 aromatic heterocycles. The first-order chi connectivity index (χ1) is 9.41. The summed E-state index contributed by atoms with van der Waals surface area (Å²) in [6, 6.07) is 2.96. The summed E-state index contributed by atoms with van der Waals surface area (Å²) in [5.74, 6) is -1.000. The van der Waals surface area contributed by atoms with Crippen LogP contribution in [0.5, 0.6) is 0 Å². The quantitative estimate of drug-likeness (QED) is 0.671. The van der Waals surface area contributed by atoms with Gasteiger partial charge in [0.2, 0.25) is 5.91 Å². The van der Waals surface area contributed by atoms with E-state index in [0.717, 1.165) is 6.07 Å². The van der Waals surface area contributed by atoms with E-state index in [4.69, 9.17) is 17.3 Å². The molecule has 0 saturated carbocycles. The Kier molecular flexibility index (Phi) is 3.89. The Labute approximate surface area is 119 Å². The topological polar surface area (TPSA) is 107 Å². The molecule has 0 spiro atoms. The highest BCUT2D eigenvalue weighted by Gasteiger charge is 2.34. The third kappa shape index (κ3) is 2.57. The van der Waals surface area contributed by atoms with Gasteiger partial charge in [-0.25, -0.2) is 0 Å². The number of nitro benzene ring substituents is 1. The second-order valence-electron chi connectivity index (χ2n) is 4.48. The van der Waals surface area contributed by atoms with Gasteiger partial charge in [-0.15, -0.1) is 0 Å². The molecule has 1 aliphatic heterocycles. The third-order valence-electron chi connectivity index (χ3n) is 3.24. The van der Waals surface area contributed by atoms with Crippen molar-refractivity contribution in [3.8, 4) is 0 Å². The number of non-ortho nitro benzene ring substituents is 1. The van der Waals surface area contributed by atoms with Crippen molar-refractivity contribution in [1.82, 2.24) is 4.90 Å². The first kappa shape index (κ1) is 14.3. The molecule has 2 amide bonds. The van der Waals surface area contributed by atoms with Crippen molar-refractivity contribution in [2.24, 2.45) is 5.73 Å². The van der Waals surface area contributed by atoms with Gasteiger partial charge in [0.05, 0.1) is 15.5 Å². The Bertz CT molecular complexity index is 590. The van der Waals surface area contributed by atoms with Crippen molar-refractivity contribution >= 4 is 29.1 Å². The van der Waals surface area contributed by atoms with Gasteiger partial charge in [-0.2, -0.15) is 0 Å².